The van der Waals surface area contributed by atoms with Crippen LogP contribution in [0.3, 0.4) is 0 Å². The van der Waals surface area contributed by atoms with Crippen LogP contribution < -0.4 is 5.32 Å². The van der Waals surface area contributed by atoms with E-state index in [0.29, 0.717) is 12.0 Å². The van der Waals surface area contributed by atoms with E-state index in [0.717, 1.165) is 5.82 Å². The Hall–Kier alpha value is -0.830. The van der Waals surface area contributed by atoms with E-state index in [2.05, 4.69) is 22.2 Å². The molecule has 3 nitrogen and oxygen atoms in total. The molecule has 0 radical (unpaired) electrons. The van der Waals surface area contributed by atoms with Crippen molar-refractivity contribution in [1.29, 1.82) is 0 Å². The van der Waals surface area contributed by atoms with Crippen LogP contribution in [0.1, 0.15) is 42.4 Å². The van der Waals surface area contributed by atoms with Crippen LogP contribution in [0.2, 0.25) is 0 Å². The van der Waals surface area contributed by atoms with Gasteiger partial charge in [-0.15, -0.1) is 0 Å². The molecule has 2 heterocycles. The zero-order valence-corrected chi connectivity index (χ0v) is 8.64. The van der Waals surface area contributed by atoms with Gasteiger partial charge in [0.05, 0.1) is 5.69 Å². The number of piperidine rings is 1. The maximum Gasteiger partial charge on any atom is 0.103 e. The lowest BCUT2D eigenvalue weighted by molar-refractivity contribution is 0.314. The van der Waals surface area contributed by atoms with Crippen LogP contribution in [0.15, 0.2) is 0 Å². The quantitative estimate of drug-likeness (QED) is 0.652. The fraction of sp³-hybridized carbons (Fsp3) is 0.727. The number of nitrogens with zero attached hydrogens (tertiary/aromatic N) is 1. The summed E-state index contributed by atoms with van der Waals surface area (Å²) >= 11 is 0. The fourth-order valence-electron chi connectivity index (χ4n) is 2.94. The molecular weight excluding hydrogens is 174 g/mol. The van der Waals surface area contributed by atoms with Crippen molar-refractivity contribution in [2.75, 3.05) is 6.54 Å². The van der Waals surface area contributed by atoms with Crippen molar-refractivity contribution in [1.82, 2.24) is 15.3 Å². The Morgan fingerprint density at radius 3 is 3.21 bits per heavy atom. The average Bonchev–Trinajstić information content (AvgIpc) is 2.59. The maximum absolute atomic E-state index is 4.64. The highest BCUT2D eigenvalue weighted by Gasteiger charge is 2.33. The fourth-order valence-corrected chi connectivity index (χ4v) is 2.94. The first-order valence-corrected chi connectivity index (χ1v) is 5.63. The van der Waals surface area contributed by atoms with Crippen molar-refractivity contribution >= 4 is 0 Å². The molecule has 76 valence electrons. The minimum atomic E-state index is 0.678. The lowest BCUT2D eigenvalue weighted by atomic mass is 9.80. The molecule has 1 aromatic rings. The van der Waals surface area contributed by atoms with Gasteiger partial charge in [0.15, 0.2) is 0 Å². The van der Waals surface area contributed by atoms with E-state index in [1.54, 1.807) is 0 Å². The van der Waals surface area contributed by atoms with Gasteiger partial charge in [0.25, 0.3) is 0 Å². The Morgan fingerprint density at radius 1 is 1.36 bits per heavy atom. The highest BCUT2D eigenvalue weighted by molar-refractivity contribution is 5.25. The Balaban J connectivity index is 1.98. The lowest BCUT2D eigenvalue weighted by Gasteiger charge is -2.35. The van der Waals surface area contributed by atoms with E-state index >= 15 is 0 Å². The molecule has 2 atom stereocenters. The van der Waals surface area contributed by atoms with E-state index in [1.807, 2.05) is 0 Å². The molecule has 3 rings (SSSR count). The zero-order valence-electron chi connectivity index (χ0n) is 8.64. The van der Waals surface area contributed by atoms with Crippen LogP contribution in [0.25, 0.3) is 0 Å². The number of aryl methyl sites for hydroxylation is 2. The number of hydrogen-bond acceptors (Lipinski definition) is 2. The normalized spacial score (nSPS) is 30.9. The van der Waals surface area contributed by atoms with Crippen LogP contribution in [0.5, 0.6) is 0 Å². The smallest absolute Gasteiger partial charge is 0.103 e. The monoisotopic (exact) mass is 191 g/mol. The van der Waals surface area contributed by atoms with Gasteiger partial charge in [-0.3, -0.25) is 0 Å². The molecule has 14 heavy (non-hydrogen) atoms. The highest BCUT2D eigenvalue weighted by Crippen LogP contribution is 2.35. The third-order valence-electron chi connectivity index (χ3n) is 3.57. The molecule has 1 fully saturated rings. The molecule has 2 N–H and O–H groups in total. The van der Waals surface area contributed by atoms with Crippen LogP contribution in [0.4, 0.5) is 0 Å². The zero-order chi connectivity index (χ0) is 9.54. The molecule has 0 unspecified atom stereocenters. The molecule has 1 aliphatic heterocycles. The van der Waals surface area contributed by atoms with Crippen LogP contribution >= 0.6 is 0 Å². The molecule has 0 bridgehead atoms. The van der Waals surface area contributed by atoms with Crippen molar-refractivity contribution in [2.24, 2.45) is 0 Å². The minimum absolute atomic E-state index is 0.678. The van der Waals surface area contributed by atoms with Gasteiger partial charge >= 0.3 is 0 Å². The first-order chi connectivity index (χ1) is 6.84. The van der Waals surface area contributed by atoms with E-state index in [4.69, 9.17) is 0 Å². The summed E-state index contributed by atoms with van der Waals surface area (Å²) < 4.78 is 0. The molecule has 3 heteroatoms. The predicted octanol–water partition coefficient (Wildman–Crippen LogP) is 1.50. The number of fused-ring (bicyclic) bond motifs is 3. The third-order valence-corrected chi connectivity index (χ3v) is 3.57. The topological polar surface area (TPSA) is 40.7 Å². The van der Waals surface area contributed by atoms with Gasteiger partial charge in [0.1, 0.15) is 5.82 Å². The van der Waals surface area contributed by atoms with Crippen LogP contribution in [-0.4, -0.2) is 22.6 Å². The van der Waals surface area contributed by atoms with Gasteiger partial charge in [0, 0.05) is 17.7 Å². The van der Waals surface area contributed by atoms with Crippen molar-refractivity contribution in [3.05, 3.63) is 17.2 Å². The molecule has 0 aromatic carbocycles. The highest BCUT2D eigenvalue weighted by atomic mass is 15.0. The van der Waals surface area contributed by atoms with E-state index in [-0.39, 0.29) is 0 Å². The van der Waals surface area contributed by atoms with Crippen molar-refractivity contribution in [3.8, 4) is 0 Å². The third kappa shape index (κ3) is 1.19. The molecule has 1 aliphatic carbocycles. The van der Waals surface area contributed by atoms with Crippen LogP contribution in [-0.2, 0) is 6.42 Å². The number of rotatable bonds is 0. The maximum atomic E-state index is 4.64. The Labute approximate surface area is 84.3 Å². The first kappa shape index (κ1) is 8.48. The lowest BCUT2D eigenvalue weighted by Crippen LogP contribution is -2.42. The SMILES string of the molecule is Cc1nc2c([nH]1)CC[C@@H]1NCCC[C@H]21. The summed E-state index contributed by atoms with van der Waals surface area (Å²) in [5, 5.41) is 3.62. The van der Waals surface area contributed by atoms with E-state index in [9.17, 15) is 0 Å². The summed E-state index contributed by atoms with van der Waals surface area (Å²) in [6.45, 7) is 3.25. The minimum Gasteiger partial charge on any atom is -0.346 e. The van der Waals surface area contributed by atoms with E-state index in [1.165, 1.54) is 43.6 Å². The summed E-state index contributed by atoms with van der Waals surface area (Å²) in [6.07, 6.45) is 5.06. The summed E-state index contributed by atoms with van der Waals surface area (Å²) in [4.78, 5) is 8.03. The molecule has 0 saturated carbocycles. The Kier molecular flexibility index (Phi) is 1.87. The van der Waals surface area contributed by atoms with Gasteiger partial charge in [0.2, 0.25) is 0 Å². The van der Waals surface area contributed by atoms with Crippen molar-refractivity contribution < 1.29 is 0 Å². The average molecular weight is 191 g/mol. The second kappa shape index (κ2) is 3.09. The second-order valence-corrected chi connectivity index (χ2v) is 4.53. The van der Waals surface area contributed by atoms with Crippen molar-refractivity contribution in [2.45, 2.75) is 44.6 Å². The Morgan fingerprint density at radius 2 is 2.29 bits per heavy atom. The number of imidazole rings is 1. The molecular formula is C11H17N3. The predicted molar refractivity (Wildman–Crippen MR) is 55.4 cm³/mol. The largest absolute Gasteiger partial charge is 0.346 e. The van der Waals surface area contributed by atoms with Crippen LogP contribution in [0, 0.1) is 6.92 Å². The summed E-state index contributed by atoms with van der Waals surface area (Å²) in [7, 11) is 0. The summed E-state index contributed by atoms with van der Waals surface area (Å²) in [6, 6.07) is 0.693. The van der Waals surface area contributed by atoms with Gasteiger partial charge < -0.3 is 10.3 Å². The Bertz CT molecular complexity index is 342. The summed E-state index contributed by atoms with van der Waals surface area (Å²) in [5.74, 6) is 1.76. The van der Waals surface area contributed by atoms with Crippen molar-refractivity contribution in [3.63, 3.8) is 0 Å². The molecule has 0 spiro atoms. The number of H-pyrrole nitrogens is 1. The number of aromatic nitrogens is 2. The second-order valence-electron chi connectivity index (χ2n) is 4.53. The summed E-state index contributed by atoms with van der Waals surface area (Å²) in [5.41, 5.74) is 2.75. The number of nitrogens with one attached hydrogen (secondary N) is 2. The molecule has 0 amide bonds. The van der Waals surface area contributed by atoms with Gasteiger partial charge in [-0.25, -0.2) is 4.98 Å². The number of aromatic amines is 1. The number of hydrogen-bond donors (Lipinski definition) is 2. The van der Waals surface area contributed by atoms with Gasteiger partial charge in [-0.2, -0.15) is 0 Å². The van der Waals surface area contributed by atoms with Gasteiger partial charge in [-0.05, 0) is 39.2 Å². The molecule has 1 saturated heterocycles. The van der Waals surface area contributed by atoms with Gasteiger partial charge in [-0.1, -0.05) is 0 Å². The van der Waals surface area contributed by atoms with E-state index < -0.39 is 0 Å². The standard InChI is InChI=1S/C11H17N3/c1-7-13-10-5-4-9-8(11(10)14-7)3-2-6-12-9/h8-9,12H,2-6H2,1H3,(H,13,14)/t8-,9-/m0/s1. The molecule has 1 aromatic heterocycles. The first-order valence-electron chi connectivity index (χ1n) is 5.63. The molecule has 2 aliphatic rings.